The Balaban J connectivity index is 2.89. The Hall–Kier alpha value is -0.160. The summed E-state index contributed by atoms with van der Waals surface area (Å²) in [6, 6.07) is -1.44. The quantitative estimate of drug-likeness (QED) is 0.494. The molecule has 1 heterocycles. The van der Waals surface area contributed by atoms with Crippen LogP contribution in [0.2, 0.25) is 0 Å². The van der Waals surface area contributed by atoms with E-state index in [-0.39, 0.29) is 0 Å². The summed E-state index contributed by atoms with van der Waals surface area (Å²) in [7, 11) is 0. The van der Waals surface area contributed by atoms with Gasteiger partial charge in [-0.2, -0.15) is 0 Å². The second kappa shape index (κ2) is 1.95. The summed E-state index contributed by atoms with van der Waals surface area (Å²) in [5.74, 6) is 0. The summed E-state index contributed by atoms with van der Waals surface area (Å²) in [6.07, 6.45) is 0. The van der Waals surface area contributed by atoms with E-state index in [2.05, 4.69) is 0 Å². The summed E-state index contributed by atoms with van der Waals surface area (Å²) >= 11 is 0. The number of ether oxygens (including phenoxy) is 2. The SMILES string of the molecule is CC1(C)OC(N)(N)OC1(C)C. The lowest BCUT2D eigenvalue weighted by atomic mass is 9.90. The highest BCUT2D eigenvalue weighted by molar-refractivity contribution is 4.95. The molecule has 0 spiro atoms. The Labute approximate surface area is 66.8 Å². The van der Waals surface area contributed by atoms with E-state index >= 15 is 0 Å². The molecule has 4 N–H and O–H groups in total. The first kappa shape index (κ1) is 8.93. The van der Waals surface area contributed by atoms with E-state index in [0.29, 0.717) is 0 Å². The summed E-state index contributed by atoms with van der Waals surface area (Å²) in [6.45, 7) is 7.59. The zero-order valence-electron chi connectivity index (χ0n) is 7.47. The van der Waals surface area contributed by atoms with E-state index in [1.807, 2.05) is 27.7 Å². The van der Waals surface area contributed by atoms with Crippen LogP contribution in [-0.4, -0.2) is 17.2 Å². The fraction of sp³-hybridized carbons (Fsp3) is 1.00. The molecule has 1 aliphatic heterocycles. The van der Waals surface area contributed by atoms with Gasteiger partial charge in [0.05, 0.1) is 11.2 Å². The molecular formula is C7H16N2O2. The van der Waals surface area contributed by atoms with E-state index in [9.17, 15) is 0 Å². The van der Waals surface area contributed by atoms with Crippen LogP contribution in [0.1, 0.15) is 27.7 Å². The zero-order valence-corrected chi connectivity index (χ0v) is 7.47. The lowest BCUT2D eigenvalue weighted by Gasteiger charge is -2.29. The molecule has 4 nitrogen and oxygen atoms in total. The summed E-state index contributed by atoms with van der Waals surface area (Å²) in [5.41, 5.74) is 10.0. The molecule has 1 fully saturated rings. The van der Waals surface area contributed by atoms with Gasteiger partial charge in [-0.05, 0) is 27.7 Å². The monoisotopic (exact) mass is 160 g/mol. The van der Waals surface area contributed by atoms with E-state index in [1.165, 1.54) is 0 Å². The number of hydrogen-bond donors (Lipinski definition) is 2. The molecule has 1 saturated heterocycles. The molecule has 0 atom stereocenters. The summed E-state index contributed by atoms with van der Waals surface area (Å²) in [4.78, 5) is 0. The van der Waals surface area contributed by atoms with Crippen LogP contribution in [-0.2, 0) is 9.47 Å². The highest BCUT2D eigenvalue weighted by atomic mass is 16.8. The molecule has 0 radical (unpaired) electrons. The lowest BCUT2D eigenvalue weighted by Crippen LogP contribution is -2.51. The lowest BCUT2D eigenvalue weighted by molar-refractivity contribution is -0.182. The Morgan fingerprint density at radius 3 is 1.18 bits per heavy atom. The Morgan fingerprint density at radius 2 is 1.09 bits per heavy atom. The van der Waals surface area contributed by atoms with Crippen LogP contribution in [0.5, 0.6) is 0 Å². The largest absolute Gasteiger partial charge is 0.316 e. The fourth-order valence-corrected chi connectivity index (χ4v) is 1.06. The van der Waals surface area contributed by atoms with Crippen LogP contribution in [0.4, 0.5) is 0 Å². The Kier molecular flexibility index (Phi) is 1.59. The molecule has 0 saturated carbocycles. The third-order valence-electron chi connectivity index (χ3n) is 2.28. The first-order valence-corrected chi connectivity index (χ1v) is 3.64. The van der Waals surface area contributed by atoms with Gasteiger partial charge in [-0.25, -0.2) is 0 Å². The molecule has 0 aromatic heterocycles. The molecule has 0 unspecified atom stereocenters. The van der Waals surface area contributed by atoms with Crippen molar-refractivity contribution in [3.63, 3.8) is 0 Å². The molecule has 4 heteroatoms. The molecule has 1 rings (SSSR count). The van der Waals surface area contributed by atoms with Crippen LogP contribution in [0, 0.1) is 0 Å². The maximum atomic E-state index is 5.46. The standard InChI is InChI=1S/C7H16N2O2/c1-5(2)6(3,4)11-7(8,9)10-5/h8-9H2,1-4H3. The molecule has 0 aromatic carbocycles. The molecule has 0 amide bonds. The van der Waals surface area contributed by atoms with Crippen molar-refractivity contribution in [3.8, 4) is 0 Å². The van der Waals surface area contributed by atoms with Crippen molar-refractivity contribution in [2.75, 3.05) is 0 Å². The van der Waals surface area contributed by atoms with Crippen molar-refractivity contribution < 1.29 is 9.47 Å². The predicted molar refractivity (Wildman–Crippen MR) is 41.4 cm³/mol. The summed E-state index contributed by atoms with van der Waals surface area (Å²) in [5, 5.41) is 0. The fourth-order valence-electron chi connectivity index (χ4n) is 1.06. The minimum Gasteiger partial charge on any atom is -0.316 e. The number of rotatable bonds is 0. The normalized spacial score (nSPS) is 32.2. The van der Waals surface area contributed by atoms with Gasteiger partial charge in [0.25, 0.3) is 6.03 Å². The molecule has 0 aliphatic carbocycles. The van der Waals surface area contributed by atoms with E-state index in [0.717, 1.165) is 0 Å². The van der Waals surface area contributed by atoms with Gasteiger partial charge < -0.3 is 9.47 Å². The number of hydrogen-bond acceptors (Lipinski definition) is 4. The highest BCUT2D eigenvalue weighted by Crippen LogP contribution is 2.39. The maximum Gasteiger partial charge on any atom is 0.287 e. The van der Waals surface area contributed by atoms with Crippen molar-refractivity contribution >= 4 is 0 Å². The van der Waals surface area contributed by atoms with Crippen molar-refractivity contribution in [2.24, 2.45) is 11.5 Å². The van der Waals surface area contributed by atoms with Crippen molar-refractivity contribution in [3.05, 3.63) is 0 Å². The number of nitrogens with two attached hydrogens (primary N) is 2. The van der Waals surface area contributed by atoms with Crippen LogP contribution in [0.15, 0.2) is 0 Å². The maximum absolute atomic E-state index is 5.46. The Morgan fingerprint density at radius 1 is 0.818 bits per heavy atom. The van der Waals surface area contributed by atoms with E-state index in [1.54, 1.807) is 0 Å². The minimum atomic E-state index is -1.44. The van der Waals surface area contributed by atoms with Gasteiger partial charge in [0.1, 0.15) is 0 Å². The third kappa shape index (κ3) is 1.39. The van der Waals surface area contributed by atoms with Gasteiger partial charge in [-0.15, -0.1) is 0 Å². The first-order valence-electron chi connectivity index (χ1n) is 3.64. The van der Waals surface area contributed by atoms with Gasteiger partial charge in [-0.3, -0.25) is 11.5 Å². The topological polar surface area (TPSA) is 70.5 Å². The third-order valence-corrected chi connectivity index (χ3v) is 2.28. The van der Waals surface area contributed by atoms with Crippen LogP contribution < -0.4 is 11.5 Å². The molecule has 11 heavy (non-hydrogen) atoms. The van der Waals surface area contributed by atoms with Crippen LogP contribution in [0.25, 0.3) is 0 Å². The predicted octanol–water partition coefficient (Wildman–Crippen LogP) is 0.119. The average molecular weight is 160 g/mol. The Bertz CT molecular complexity index is 157. The molecule has 0 aromatic rings. The molecule has 1 aliphatic rings. The zero-order chi connectivity index (χ0) is 8.91. The van der Waals surface area contributed by atoms with Gasteiger partial charge in [-0.1, -0.05) is 0 Å². The van der Waals surface area contributed by atoms with Gasteiger partial charge in [0.2, 0.25) is 0 Å². The van der Waals surface area contributed by atoms with Gasteiger partial charge in [0, 0.05) is 0 Å². The van der Waals surface area contributed by atoms with Crippen LogP contribution >= 0.6 is 0 Å². The molecular weight excluding hydrogens is 144 g/mol. The van der Waals surface area contributed by atoms with Crippen molar-refractivity contribution in [1.82, 2.24) is 0 Å². The van der Waals surface area contributed by atoms with Crippen LogP contribution in [0.3, 0.4) is 0 Å². The second-order valence-electron chi connectivity index (χ2n) is 3.95. The smallest absolute Gasteiger partial charge is 0.287 e. The van der Waals surface area contributed by atoms with Gasteiger partial charge in [0.15, 0.2) is 0 Å². The average Bonchev–Trinajstić information content (AvgIpc) is 1.66. The summed E-state index contributed by atoms with van der Waals surface area (Å²) < 4.78 is 10.6. The van der Waals surface area contributed by atoms with E-state index < -0.39 is 17.2 Å². The second-order valence-corrected chi connectivity index (χ2v) is 3.95. The minimum absolute atomic E-state index is 0.448. The van der Waals surface area contributed by atoms with E-state index in [4.69, 9.17) is 20.9 Å². The van der Waals surface area contributed by atoms with Crippen molar-refractivity contribution in [2.45, 2.75) is 44.9 Å². The van der Waals surface area contributed by atoms with Gasteiger partial charge >= 0.3 is 0 Å². The van der Waals surface area contributed by atoms with Crippen molar-refractivity contribution in [1.29, 1.82) is 0 Å². The first-order chi connectivity index (χ1) is 4.66. The molecule has 66 valence electrons. The molecule has 0 bridgehead atoms. The highest BCUT2D eigenvalue weighted by Gasteiger charge is 2.53.